The number of rotatable bonds is 6. The van der Waals surface area contributed by atoms with Gasteiger partial charge in [-0.15, -0.1) is 5.10 Å². The summed E-state index contributed by atoms with van der Waals surface area (Å²) in [5.74, 6) is 0.594. The summed E-state index contributed by atoms with van der Waals surface area (Å²) in [6.45, 7) is 6.45. The largest absolute Gasteiger partial charge is 0.367 e. The lowest BCUT2D eigenvalue weighted by Crippen LogP contribution is -2.36. The number of aromatic nitrogens is 3. The molecule has 1 aromatic heterocycles. The van der Waals surface area contributed by atoms with Gasteiger partial charge in [0.2, 0.25) is 11.9 Å². The lowest BCUT2D eigenvalue weighted by atomic mass is 10.1. The van der Waals surface area contributed by atoms with E-state index in [-0.39, 0.29) is 18.4 Å². The van der Waals surface area contributed by atoms with Crippen molar-refractivity contribution in [3.63, 3.8) is 0 Å². The van der Waals surface area contributed by atoms with Crippen molar-refractivity contribution in [2.45, 2.75) is 26.3 Å². The van der Waals surface area contributed by atoms with Crippen LogP contribution in [0.25, 0.3) is 0 Å². The van der Waals surface area contributed by atoms with Gasteiger partial charge in [-0.3, -0.25) is 4.79 Å². The average Bonchev–Trinajstić information content (AvgIpc) is 2.99. The molecule has 0 aliphatic carbocycles. The van der Waals surface area contributed by atoms with Crippen LogP contribution < -0.4 is 11.1 Å². The summed E-state index contributed by atoms with van der Waals surface area (Å²) in [5, 5.41) is 6.79. The monoisotopic (exact) mass is 266 g/mol. The van der Waals surface area contributed by atoms with Crippen molar-refractivity contribution in [3.05, 3.63) is 6.33 Å². The molecule has 106 valence electrons. The van der Waals surface area contributed by atoms with E-state index in [4.69, 9.17) is 5.73 Å². The molecule has 0 bridgehead atoms. The lowest BCUT2D eigenvalue weighted by molar-refractivity contribution is -0.122. The fourth-order valence-electron chi connectivity index (χ4n) is 2.35. The number of nitrogens with two attached hydrogens (primary N) is 1. The van der Waals surface area contributed by atoms with Gasteiger partial charge in [-0.2, -0.15) is 0 Å². The molecule has 1 amide bonds. The molecular formula is C12H22N6O. The summed E-state index contributed by atoms with van der Waals surface area (Å²) in [7, 11) is 0. The number of nitrogens with one attached hydrogen (secondary N) is 1. The van der Waals surface area contributed by atoms with Crippen LogP contribution in [0.3, 0.4) is 0 Å². The van der Waals surface area contributed by atoms with E-state index < -0.39 is 0 Å². The van der Waals surface area contributed by atoms with Crippen LogP contribution >= 0.6 is 0 Å². The van der Waals surface area contributed by atoms with Gasteiger partial charge in [-0.05, 0) is 31.8 Å². The van der Waals surface area contributed by atoms with E-state index in [1.54, 1.807) is 0 Å². The molecule has 7 nitrogen and oxygen atoms in total. The lowest BCUT2D eigenvalue weighted by Gasteiger charge is -2.20. The number of hydrogen-bond acceptors (Lipinski definition) is 5. The minimum absolute atomic E-state index is 0.0572. The third-order valence-corrected chi connectivity index (χ3v) is 3.28. The van der Waals surface area contributed by atoms with E-state index in [1.165, 1.54) is 36.9 Å². The second-order valence-electron chi connectivity index (χ2n) is 5.22. The van der Waals surface area contributed by atoms with Crippen LogP contribution in [0.4, 0.5) is 5.95 Å². The molecule has 3 N–H and O–H groups in total. The number of carbonyl (C=O) groups is 1. The molecule has 19 heavy (non-hydrogen) atoms. The van der Waals surface area contributed by atoms with Crippen molar-refractivity contribution in [1.29, 1.82) is 0 Å². The highest BCUT2D eigenvalue weighted by molar-refractivity contribution is 5.75. The van der Waals surface area contributed by atoms with Crippen LogP contribution in [0.2, 0.25) is 0 Å². The van der Waals surface area contributed by atoms with Gasteiger partial charge in [-0.25, -0.2) is 9.67 Å². The van der Waals surface area contributed by atoms with Crippen LogP contribution in [0.15, 0.2) is 6.33 Å². The summed E-state index contributed by atoms with van der Waals surface area (Å²) in [6, 6.07) is 0. The SMILES string of the molecule is CC(CNC(=O)Cn1cnc(N)n1)CN1CCCC1. The third kappa shape index (κ3) is 4.51. The maximum Gasteiger partial charge on any atom is 0.241 e. The second-order valence-corrected chi connectivity index (χ2v) is 5.22. The molecule has 2 heterocycles. The Kier molecular flexibility index (Phi) is 4.73. The predicted molar refractivity (Wildman–Crippen MR) is 72.3 cm³/mol. The first-order valence-corrected chi connectivity index (χ1v) is 6.77. The van der Waals surface area contributed by atoms with E-state index in [2.05, 4.69) is 27.2 Å². The number of nitrogens with zero attached hydrogens (tertiary/aromatic N) is 4. The molecule has 0 saturated carbocycles. The molecule has 1 unspecified atom stereocenters. The number of carbonyl (C=O) groups excluding carboxylic acids is 1. The molecule has 0 spiro atoms. The van der Waals surface area contributed by atoms with E-state index in [0.717, 1.165) is 6.54 Å². The van der Waals surface area contributed by atoms with Gasteiger partial charge in [0.25, 0.3) is 0 Å². The van der Waals surface area contributed by atoms with E-state index in [0.29, 0.717) is 12.5 Å². The molecule has 0 radical (unpaired) electrons. The summed E-state index contributed by atoms with van der Waals surface area (Å²) in [6.07, 6.45) is 4.06. The molecule has 7 heteroatoms. The zero-order valence-corrected chi connectivity index (χ0v) is 11.4. The zero-order valence-electron chi connectivity index (χ0n) is 11.4. The second kappa shape index (κ2) is 6.51. The maximum absolute atomic E-state index is 11.7. The highest BCUT2D eigenvalue weighted by Crippen LogP contribution is 2.09. The van der Waals surface area contributed by atoms with Crippen molar-refractivity contribution >= 4 is 11.9 Å². The van der Waals surface area contributed by atoms with Gasteiger partial charge < -0.3 is 16.0 Å². The average molecular weight is 266 g/mol. The Balaban J connectivity index is 1.65. The van der Waals surface area contributed by atoms with Crippen molar-refractivity contribution in [2.75, 3.05) is 31.9 Å². The zero-order chi connectivity index (χ0) is 13.7. The summed E-state index contributed by atoms with van der Waals surface area (Å²) in [5.41, 5.74) is 5.39. The molecular weight excluding hydrogens is 244 g/mol. The standard InChI is InChI=1S/C12H22N6O/c1-10(7-17-4-2-3-5-17)6-14-11(19)8-18-9-15-12(13)16-18/h9-10H,2-8H2,1H3,(H2,13,16)(H,14,19). The summed E-state index contributed by atoms with van der Waals surface area (Å²) < 4.78 is 1.44. The van der Waals surface area contributed by atoms with E-state index in [9.17, 15) is 4.79 Å². The fourth-order valence-corrected chi connectivity index (χ4v) is 2.35. The molecule has 1 saturated heterocycles. The number of amides is 1. The molecule has 1 aliphatic rings. The molecule has 1 atom stereocenters. The maximum atomic E-state index is 11.7. The van der Waals surface area contributed by atoms with Gasteiger partial charge in [0.1, 0.15) is 12.9 Å². The number of anilines is 1. The van der Waals surface area contributed by atoms with Crippen LogP contribution in [0, 0.1) is 5.92 Å². The Morgan fingerprint density at radius 2 is 2.26 bits per heavy atom. The Labute approximate surface area is 113 Å². The van der Waals surface area contributed by atoms with Gasteiger partial charge in [0.15, 0.2) is 0 Å². The highest BCUT2D eigenvalue weighted by Gasteiger charge is 2.15. The first-order chi connectivity index (χ1) is 9.13. The molecule has 1 aliphatic heterocycles. The molecule has 1 fully saturated rings. The number of nitrogen functional groups attached to an aromatic ring is 1. The van der Waals surface area contributed by atoms with Gasteiger partial charge in [-0.1, -0.05) is 6.92 Å². The minimum atomic E-state index is -0.0572. The topological polar surface area (TPSA) is 89.1 Å². The molecule has 1 aromatic rings. The van der Waals surface area contributed by atoms with Crippen LogP contribution in [-0.4, -0.2) is 51.8 Å². The number of likely N-dealkylation sites (tertiary alicyclic amines) is 1. The Bertz CT molecular complexity index is 412. The summed E-state index contributed by atoms with van der Waals surface area (Å²) >= 11 is 0. The van der Waals surface area contributed by atoms with Gasteiger partial charge in [0.05, 0.1) is 0 Å². The molecule has 2 rings (SSSR count). The van der Waals surface area contributed by atoms with Crippen molar-refractivity contribution in [3.8, 4) is 0 Å². The Morgan fingerprint density at radius 1 is 1.53 bits per heavy atom. The minimum Gasteiger partial charge on any atom is -0.367 e. The first-order valence-electron chi connectivity index (χ1n) is 6.77. The van der Waals surface area contributed by atoms with Crippen molar-refractivity contribution in [2.24, 2.45) is 5.92 Å². The van der Waals surface area contributed by atoms with Crippen LogP contribution in [0.5, 0.6) is 0 Å². The highest BCUT2D eigenvalue weighted by atomic mass is 16.2. The van der Waals surface area contributed by atoms with Crippen LogP contribution in [-0.2, 0) is 11.3 Å². The van der Waals surface area contributed by atoms with Crippen molar-refractivity contribution in [1.82, 2.24) is 25.0 Å². The van der Waals surface area contributed by atoms with Crippen molar-refractivity contribution < 1.29 is 4.79 Å². The summed E-state index contributed by atoms with van der Waals surface area (Å²) in [4.78, 5) is 17.9. The fraction of sp³-hybridized carbons (Fsp3) is 0.750. The van der Waals surface area contributed by atoms with Gasteiger partial charge in [0, 0.05) is 13.1 Å². The van der Waals surface area contributed by atoms with E-state index in [1.807, 2.05) is 0 Å². The van der Waals surface area contributed by atoms with Crippen LogP contribution in [0.1, 0.15) is 19.8 Å². The predicted octanol–water partition coefficient (Wildman–Crippen LogP) is -0.292. The smallest absolute Gasteiger partial charge is 0.241 e. The number of hydrogen-bond donors (Lipinski definition) is 2. The Morgan fingerprint density at radius 3 is 2.89 bits per heavy atom. The normalized spacial score (nSPS) is 17.5. The first kappa shape index (κ1) is 13.8. The molecule has 0 aromatic carbocycles. The Hall–Kier alpha value is -1.63. The third-order valence-electron chi connectivity index (χ3n) is 3.28. The quantitative estimate of drug-likeness (QED) is 0.738. The van der Waals surface area contributed by atoms with Gasteiger partial charge >= 0.3 is 0 Å². The van der Waals surface area contributed by atoms with E-state index >= 15 is 0 Å².